The third kappa shape index (κ3) is 4.11. The van der Waals surface area contributed by atoms with Crippen LogP contribution >= 0.6 is 0 Å². The van der Waals surface area contributed by atoms with Gasteiger partial charge in [-0.15, -0.1) is 0 Å². The van der Waals surface area contributed by atoms with Crippen LogP contribution in [-0.4, -0.2) is 28.2 Å². The standard InChI is InChI=1S/C14H21N3O/c18-9-8-15-14-10-13(16-11-17-14)7-6-12-4-2-1-3-5-12/h6-7,10-12,18H,1-5,8-9H2,(H,15,16,17)/b7-6+. The summed E-state index contributed by atoms with van der Waals surface area (Å²) in [5, 5.41) is 11.8. The summed E-state index contributed by atoms with van der Waals surface area (Å²) in [5.74, 6) is 1.48. The van der Waals surface area contributed by atoms with E-state index in [4.69, 9.17) is 5.11 Å². The van der Waals surface area contributed by atoms with Crippen LogP contribution in [0.5, 0.6) is 0 Å². The predicted octanol–water partition coefficient (Wildman–Crippen LogP) is 2.47. The number of nitrogens with one attached hydrogen (secondary N) is 1. The molecule has 0 saturated heterocycles. The number of aliphatic hydroxyl groups excluding tert-OH is 1. The number of rotatable bonds is 5. The van der Waals surface area contributed by atoms with E-state index in [2.05, 4.69) is 27.4 Å². The molecule has 0 unspecified atom stereocenters. The third-order valence-corrected chi connectivity index (χ3v) is 3.30. The van der Waals surface area contributed by atoms with Crippen molar-refractivity contribution in [3.05, 3.63) is 24.2 Å². The van der Waals surface area contributed by atoms with Gasteiger partial charge in [-0.25, -0.2) is 9.97 Å². The molecule has 4 heteroatoms. The van der Waals surface area contributed by atoms with Gasteiger partial charge in [0, 0.05) is 12.6 Å². The molecule has 1 heterocycles. The first-order valence-electron chi connectivity index (χ1n) is 6.73. The van der Waals surface area contributed by atoms with Gasteiger partial charge in [0.15, 0.2) is 0 Å². The highest BCUT2D eigenvalue weighted by molar-refractivity contribution is 5.50. The minimum Gasteiger partial charge on any atom is -0.395 e. The number of allylic oxidation sites excluding steroid dienone is 1. The summed E-state index contributed by atoms with van der Waals surface area (Å²) in [6.07, 6.45) is 12.6. The van der Waals surface area contributed by atoms with Crippen molar-refractivity contribution in [3.63, 3.8) is 0 Å². The van der Waals surface area contributed by atoms with Crippen molar-refractivity contribution in [1.82, 2.24) is 9.97 Å². The molecule has 0 bridgehead atoms. The second-order valence-corrected chi connectivity index (χ2v) is 4.74. The monoisotopic (exact) mass is 247 g/mol. The summed E-state index contributed by atoms with van der Waals surface area (Å²) >= 11 is 0. The molecular weight excluding hydrogens is 226 g/mol. The molecule has 1 aliphatic rings. The van der Waals surface area contributed by atoms with E-state index in [-0.39, 0.29) is 6.61 Å². The number of hydrogen-bond donors (Lipinski definition) is 2. The Bertz CT molecular complexity index is 386. The maximum Gasteiger partial charge on any atom is 0.130 e. The van der Waals surface area contributed by atoms with Gasteiger partial charge in [0.2, 0.25) is 0 Å². The van der Waals surface area contributed by atoms with E-state index in [0.29, 0.717) is 12.5 Å². The lowest BCUT2D eigenvalue weighted by Gasteiger charge is -2.17. The van der Waals surface area contributed by atoms with Crippen molar-refractivity contribution >= 4 is 11.9 Å². The highest BCUT2D eigenvalue weighted by Gasteiger charge is 2.09. The Balaban J connectivity index is 1.93. The van der Waals surface area contributed by atoms with E-state index >= 15 is 0 Å². The molecule has 1 aromatic heterocycles. The summed E-state index contributed by atoms with van der Waals surface area (Å²) < 4.78 is 0. The lowest BCUT2D eigenvalue weighted by atomic mass is 9.89. The minimum absolute atomic E-state index is 0.108. The van der Waals surface area contributed by atoms with Crippen LogP contribution in [0.15, 0.2) is 18.5 Å². The molecule has 1 fully saturated rings. The molecule has 2 rings (SSSR count). The van der Waals surface area contributed by atoms with E-state index in [1.807, 2.05) is 6.07 Å². The zero-order valence-electron chi connectivity index (χ0n) is 10.7. The fraction of sp³-hybridized carbons (Fsp3) is 0.571. The van der Waals surface area contributed by atoms with E-state index in [1.165, 1.54) is 32.1 Å². The van der Waals surface area contributed by atoms with Crippen molar-refractivity contribution in [3.8, 4) is 0 Å². The molecule has 0 aliphatic heterocycles. The SMILES string of the molecule is OCCNc1cc(/C=C/C2CCCCC2)ncn1. The lowest BCUT2D eigenvalue weighted by molar-refractivity contribution is 0.311. The Morgan fingerprint density at radius 2 is 2.11 bits per heavy atom. The molecule has 0 atom stereocenters. The number of aromatic nitrogens is 2. The number of hydrogen-bond acceptors (Lipinski definition) is 4. The zero-order chi connectivity index (χ0) is 12.6. The number of aliphatic hydroxyl groups is 1. The van der Waals surface area contributed by atoms with Gasteiger partial charge < -0.3 is 10.4 Å². The topological polar surface area (TPSA) is 58.0 Å². The Kier molecular flexibility index (Phi) is 5.15. The van der Waals surface area contributed by atoms with Crippen LogP contribution in [0.1, 0.15) is 37.8 Å². The van der Waals surface area contributed by atoms with Crippen LogP contribution in [-0.2, 0) is 0 Å². The number of anilines is 1. The van der Waals surface area contributed by atoms with Crippen LogP contribution in [0.25, 0.3) is 6.08 Å². The predicted molar refractivity (Wildman–Crippen MR) is 73.2 cm³/mol. The Morgan fingerprint density at radius 1 is 1.28 bits per heavy atom. The Morgan fingerprint density at radius 3 is 2.89 bits per heavy atom. The van der Waals surface area contributed by atoms with E-state index in [1.54, 1.807) is 6.33 Å². The maximum atomic E-state index is 8.75. The van der Waals surface area contributed by atoms with Crippen LogP contribution in [0.2, 0.25) is 0 Å². The van der Waals surface area contributed by atoms with Crippen molar-refractivity contribution in [1.29, 1.82) is 0 Å². The second-order valence-electron chi connectivity index (χ2n) is 4.74. The fourth-order valence-corrected chi connectivity index (χ4v) is 2.31. The molecule has 4 nitrogen and oxygen atoms in total. The van der Waals surface area contributed by atoms with Gasteiger partial charge in [0.05, 0.1) is 12.3 Å². The van der Waals surface area contributed by atoms with Gasteiger partial charge in [-0.05, 0) is 24.8 Å². The normalized spacial score (nSPS) is 17.2. The van der Waals surface area contributed by atoms with Crippen molar-refractivity contribution in [2.24, 2.45) is 5.92 Å². The molecule has 0 spiro atoms. The average molecular weight is 247 g/mol. The van der Waals surface area contributed by atoms with Crippen LogP contribution < -0.4 is 5.32 Å². The molecule has 1 aromatic rings. The summed E-state index contributed by atoms with van der Waals surface area (Å²) in [6, 6.07) is 1.91. The quantitative estimate of drug-likeness (QED) is 0.839. The average Bonchev–Trinajstić information content (AvgIpc) is 2.44. The molecule has 1 saturated carbocycles. The maximum absolute atomic E-state index is 8.75. The van der Waals surface area contributed by atoms with Crippen molar-refractivity contribution < 1.29 is 5.11 Å². The summed E-state index contributed by atoms with van der Waals surface area (Å²) in [6.45, 7) is 0.625. The molecule has 98 valence electrons. The van der Waals surface area contributed by atoms with E-state index in [0.717, 1.165) is 11.5 Å². The second kappa shape index (κ2) is 7.11. The Labute approximate surface area is 108 Å². The first-order valence-corrected chi connectivity index (χ1v) is 6.73. The van der Waals surface area contributed by atoms with Crippen LogP contribution in [0.3, 0.4) is 0 Å². The molecule has 1 aliphatic carbocycles. The molecule has 2 N–H and O–H groups in total. The van der Waals surface area contributed by atoms with Gasteiger partial charge in [0.25, 0.3) is 0 Å². The van der Waals surface area contributed by atoms with Crippen LogP contribution in [0.4, 0.5) is 5.82 Å². The van der Waals surface area contributed by atoms with Crippen molar-refractivity contribution in [2.45, 2.75) is 32.1 Å². The molecule has 0 aromatic carbocycles. The summed E-state index contributed by atoms with van der Waals surface area (Å²) in [5.41, 5.74) is 0.927. The fourth-order valence-electron chi connectivity index (χ4n) is 2.31. The van der Waals surface area contributed by atoms with Gasteiger partial charge in [-0.3, -0.25) is 0 Å². The third-order valence-electron chi connectivity index (χ3n) is 3.30. The lowest BCUT2D eigenvalue weighted by Crippen LogP contribution is -2.07. The molecule has 0 amide bonds. The summed E-state index contributed by atoms with van der Waals surface area (Å²) in [7, 11) is 0. The summed E-state index contributed by atoms with van der Waals surface area (Å²) in [4.78, 5) is 8.34. The largest absolute Gasteiger partial charge is 0.395 e. The van der Waals surface area contributed by atoms with Crippen molar-refractivity contribution in [2.75, 3.05) is 18.5 Å². The molecular formula is C14H21N3O. The van der Waals surface area contributed by atoms with E-state index in [9.17, 15) is 0 Å². The van der Waals surface area contributed by atoms with Gasteiger partial charge in [-0.2, -0.15) is 0 Å². The highest BCUT2D eigenvalue weighted by atomic mass is 16.3. The highest BCUT2D eigenvalue weighted by Crippen LogP contribution is 2.25. The first kappa shape index (κ1) is 13.0. The van der Waals surface area contributed by atoms with E-state index < -0.39 is 0 Å². The minimum atomic E-state index is 0.108. The molecule has 18 heavy (non-hydrogen) atoms. The van der Waals surface area contributed by atoms with Gasteiger partial charge in [-0.1, -0.05) is 25.3 Å². The zero-order valence-corrected chi connectivity index (χ0v) is 10.7. The van der Waals surface area contributed by atoms with Gasteiger partial charge in [0.1, 0.15) is 12.1 Å². The van der Waals surface area contributed by atoms with Gasteiger partial charge >= 0.3 is 0 Å². The molecule has 0 radical (unpaired) electrons. The van der Waals surface area contributed by atoms with Crippen LogP contribution in [0, 0.1) is 5.92 Å². The Hall–Kier alpha value is -1.42. The smallest absolute Gasteiger partial charge is 0.130 e. The first-order chi connectivity index (χ1) is 8.88. The number of nitrogens with zero attached hydrogens (tertiary/aromatic N) is 2.